The van der Waals surface area contributed by atoms with Gasteiger partial charge in [0.05, 0.1) is 26.0 Å². The Hall–Kier alpha value is -4.48. The summed E-state index contributed by atoms with van der Waals surface area (Å²) in [5.41, 5.74) is 2.85. The largest absolute Gasteiger partial charge is 0.494 e. The number of nitrogens with zero attached hydrogens (tertiary/aromatic N) is 3. The van der Waals surface area contributed by atoms with Gasteiger partial charge in [0.2, 0.25) is 5.91 Å². The third kappa shape index (κ3) is 6.18. The first-order valence-corrected chi connectivity index (χ1v) is 14.0. The van der Waals surface area contributed by atoms with Gasteiger partial charge in [-0.1, -0.05) is 19.6 Å². The maximum Gasteiger partial charge on any atom is 0.247 e. The van der Waals surface area contributed by atoms with Crippen molar-refractivity contribution in [2.75, 3.05) is 57.2 Å². The highest BCUT2D eigenvalue weighted by Crippen LogP contribution is 2.38. The summed E-state index contributed by atoms with van der Waals surface area (Å²) in [6.07, 6.45) is 1.32. The second-order valence-corrected chi connectivity index (χ2v) is 10.2. The van der Waals surface area contributed by atoms with Gasteiger partial charge >= 0.3 is 0 Å². The molecule has 2 N–H and O–H groups in total. The zero-order valence-corrected chi connectivity index (χ0v) is 24.3. The molecule has 1 aliphatic rings. The van der Waals surface area contributed by atoms with Crippen molar-refractivity contribution in [1.82, 2.24) is 9.88 Å². The number of benzene rings is 2. The minimum Gasteiger partial charge on any atom is -0.494 e. The normalized spacial score (nSPS) is 14.5. The molecule has 1 fully saturated rings. The number of furan rings is 1. The van der Waals surface area contributed by atoms with Crippen LogP contribution in [0, 0.1) is 11.6 Å². The van der Waals surface area contributed by atoms with Crippen LogP contribution >= 0.6 is 0 Å². The quantitative estimate of drug-likeness (QED) is 0.247. The molecule has 1 amide bonds. The summed E-state index contributed by atoms with van der Waals surface area (Å²) in [7, 11) is 2.46. The van der Waals surface area contributed by atoms with E-state index in [2.05, 4.69) is 33.6 Å². The number of carbonyl (C=O) groups excluding carboxylic acids is 1. The predicted molar refractivity (Wildman–Crippen MR) is 160 cm³/mol. The van der Waals surface area contributed by atoms with E-state index in [1.165, 1.54) is 32.6 Å². The fourth-order valence-corrected chi connectivity index (χ4v) is 5.26. The highest BCUT2D eigenvalue weighted by atomic mass is 19.1. The van der Waals surface area contributed by atoms with Gasteiger partial charge in [-0.05, 0) is 42.4 Å². The lowest BCUT2D eigenvalue weighted by atomic mass is 10.0. The molecule has 1 saturated heterocycles. The number of piperazine rings is 1. The van der Waals surface area contributed by atoms with Crippen LogP contribution in [0.2, 0.25) is 0 Å². The first-order chi connectivity index (χ1) is 20.8. The summed E-state index contributed by atoms with van der Waals surface area (Å²) in [4.78, 5) is 21.5. The molecule has 0 radical (unpaired) electrons. The van der Waals surface area contributed by atoms with Crippen molar-refractivity contribution in [3.8, 4) is 11.5 Å². The Balaban J connectivity index is 1.43. The van der Waals surface area contributed by atoms with Crippen LogP contribution in [-0.4, -0.2) is 67.8 Å². The molecule has 43 heavy (non-hydrogen) atoms. The lowest BCUT2D eigenvalue weighted by molar-refractivity contribution is -0.111. The van der Waals surface area contributed by atoms with Gasteiger partial charge in [-0.3, -0.25) is 9.78 Å². The number of rotatable bonds is 10. The van der Waals surface area contributed by atoms with E-state index >= 15 is 8.78 Å². The van der Waals surface area contributed by atoms with Gasteiger partial charge in [-0.2, -0.15) is 0 Å². The number of likely N-dealkylation sites (N-methyl/N-ethyl adjacent to an activating group) is 1. The van der Waals surface area contributed by atoms with E-state index < -0.39 is 23.3 Å². The Labute approximate surface area is 248 Å². The molecule has 11 heteroatoms. The maximum atomic E-state index is 15.0. The second kappa shape index (κ2) is 12.8. The molecule has 2 aromatic heterocycles. The summed E-state index contributed by atoms with van der Waals surface area (Å²) in [5.74, 6) is -3.06. The predicted octanol–water partition coefficient (Wildman–Crippen LogP) is 5.06. The van der Waals surface area contributed by atoms with Gasteiger partial charge in [0.15, 0.2) is 28.7 Å². The van der Waals surface area contributed by atoms with E-state index in [1.807, 2.05) is 18.2 Å². The van der Waals surface area contributed by atoms with E-state index in [-0.39, 0.29) is 23.2 Å². The molecule has 1 aliphatic heterocycles. The number of halogens is 2. The number of amides is 1. The first kappa shape index (κ1) is 30.0. The summed E-state index contributed by atoms with van der Waals surface area (Å²) < 4.78 is 45.7. The van der Waals surface area contributed by atoms with Crippen LogP contribution in [0.25, 0.3) is 11.0 Å². The molecule has 1 unspecified atom stereocenters. The van der Waals surface area contributed by atoms with Crippen LogP contribution in [0.5, 0.6) is 11.5 Å². The molecule has 0 aliphatic carbocycles. The van der Waals surface area contributed by atoms with E-state index in [0.29, 0.717) is 28.8 Å². The molecular formula is C32H34F2N4O5. The number of aromatic nitrogens is 1. The number of aliphatic hydroxyl groups is 1. The summed E-state index contributed by atoms with van der Waals surface area (Å²) >= 11 is 0. The van der Waals surface area contributed by atoms with Crippen molar-refractivity contribution in [1.29, 1.82) is 0 Å². The van der Waals surface area contributed by atoms with E-state index in [1.54, 1.807) is 6.07 Å². The fraction of sp³-hybridized carbons (Fsp3) is 0.312. The maximum absolute atomic E-state index is 15.0. The fourth-order valence-electron chi connectivity index (χ4n) is 5.26. The number of ether oxygens (including phenoxy) is 2. The third-order valence-corrected chi connectivity index (χ3v) is 7.72. The SMILES string of the molecule is C=CC(=O)Nc1cc(N2CCN(CC)CC2)ccc1Cc1cc2cc(C(O)c3c(F)c(OC)cc(OC)c3F)oc2cn1. The van der Waals surface area contributed by atoms with Crippen LogP contribution in [0.1, 0.15) is 35.6 Å². The minimum atomic E-state index is -1.77. The summed E-state index contributed by atoms with van der Waals surface area (Å²) in [6.45, 7) is 10.5. The van der Waals surface area contributed by atoms with Gasteiger partial charge in [0, 0.05) is 61.1 Å². The Bertz CT molecular complexity index is 1620. The van der Waals surface area contributed by atoms with E-state index in [9.17, 15) is 9.90 Å². The number of methoxy groups -OCH3 is 2. The number of nitrogens with one attached hydrogen (secondary N) is 1. The highest BCUT2D eigenvalue weighted by Gasteiger charge is 2.29. The van der Waals surface area contributed by atoms with Gasteiger partial charge in [-0.15, -0.1) is 0 Å². The highest BCUT2D eigenvalue weighted by molar-refractivity contribution is 5.99. The Kier molecular flexibility index (Phi) is 8.93. The average molecular weight is 593 g/mol. The second-order valence-electron chi connectivity index (χ2n) is 10.2. The van der Waals surface area contributed by atoms with Crippen molar-refractivity contribution in [3.63, 3.8) is 0 Å². The Morgan fingerprint density at radius 2 is 1.81 bits per heavy atom. The topological polar surface area (TPSA) is 100 Å². The molecule has 2 aromatic carbocycles. The standard InChI is InChI=1S/C32H34F2N4O5/c1-5-28(39)36-23-16-22(38-11-9-37(6-2)10-12-38)8-7-19(23)13-21-14-20-15-26(43-27(20)18-35-21)32(40)29-30(33)24(41-3)17-25(42-4)31(29)34/h5,7-8,14-18,32,40H,1,6,9-13H2,2-4H3,(H,36,39). The van der Waals surface area contributed by atoms with Gasteiger partial charge in [0.25, 0.3) is 0 Å². The zero-order valence-electron chi connectivity index (χ0n) is 24.3. The third-order valence-electron chi connectivity index (χ3n) is 7.72. The number of anilines is 2. The zero-order chi connectivity index (χ0) is 30.7. The Morgan fingerprint density at radius 3 is 2.44 bits per heavy atom. The number of fused-ring (bicyclic) bond motifs is 1. The molecule has 3 heterocycles. The van der Waals surface area contributed by atoms with Crippen molar-refractivity contribution >= 4 is 28.3 Å². The first-order valence-electron chi connectivity index (χ1n) is 14.0. The molecule has 0 spiro atoms. The van der Waals surface area contributed by atoms with Gasteiger partial charge in [-0.25, -0.2) is 8.78 Å². The van der Waals surface area contributed by atoms with Crippen molar-refractivity contribution < 1.29 is 32.6 Å². The monoisotopic (exact) mass is 592 g/mol. The minimum absolute atomic E-state index is 0.0754. The van der Waals surface area contributed by atoms with Crippen LogP contribution in [0.4, 0.5) is 20.2 Å². The van der Waals surface area contributed by atoms with Crippen LogP contribution in [0.3, 0.4) is 0 Å². The van der Waals surface area contributed by atoms with Crippen LogP contribution in [0.15, 0.2) is 59.7 Å². The number of pyridine rings is 1. The molecule has 4 aromatic rings. The lowest BCUT2D eigenvalue weighted by Gasteiger charge is -2.35. The molecular weight excluding hydrogens is 558 g/mol. The molecule has 5 rings (SSSR count). The number of hydrogen-bond acceptors (Lipinski definition) is 8. The van der Waals surface area contributed by atoms with Crippen molar-refractivity contribution in [2.24, 2.45) is 0 Å². The lowest BCUT2D eigenvalue weighted by Crippen LogP contribution is -2.46. The summed E-state index contributed by atoms with van der Waals surface area (Å²) in [6, 6.07) is 10.3. The van der Waals surface area contributed by atoms with Crippen LogP contribution in [-0.2, 0) is 11.2 Å². The molecule has 9 nitrogen and oxygen atoms in total. The number of carbonyl (C=O) groups is 1. The van der Waals surface area contributed by atoms with Crippen molar-refractivity contribution in [3.05, 3.63) is 89.5 Å². The van der Waals surface area contributed by atoms with E-state index in [4.69, 9.17) is 13.9 Å². The van der Waals surface area contributed by atoms with Gasteiger partial charge < -0.3 is 34.1 Å². The number of aliphatic hydroxyl groups excluding tert-OH is 1. The molecule has 1 atom stereocenters. The van der Waals surface area contributed by atoms with Gasteiger partial charge in [0.1, 0.15) is 11.9 Å². The van der Waals surface area contributed by atoms with E-state index in [0.717, 1.165) is 50.0 Å². The molecule has 0 bridgehead atoms. The smallest absolute Gasteiger partial charge is 0.247 e. The Morgan fingerprint density at radius 1 is 1.12 bits per heavy atom. The number of hydrogen-bond donors (Lipinski definition) is 2. The van der Waals surface area contributed by atoms with Crippen molar-refractivity contribution in [2.45, 2.75) is 19.4 Å². The molecule has 226 valence electrons. The average Bonchev–Trinajstić information content (AvgIpc) is 3.45. The van der Waals surface area contributed by atoms with Crippen LogP contribution < -0.4 is 19.7 Å². The molecule has 0 saturated carbocycles. The summed E-state index contributed by atoms with van der Waals surface area (Å²) in [5, 5.41) is 14.4.